The van der Waals surface area contributed by atoms with E-state index in [9.17, 15) is 4.79 Å². The highest BCUT2D eigenvalue weighted by Gasteiger charge is 2.25. The van der Waals surface area contributed by atoms with Crippen molar-refractivity contribution in [1.29, 1.82) is 0 Å². The lowest BCUT2D eigenvalue weighted by molar-refractivity contribution is -0.118. The second kappa shape index (κ2) is 9.58. The molecule has 0 fully saturated rings. The van der Waals surface area contributed by atoms with Crippen LogP contribution in [0.15, 0.2) is 72.8 Å². The van der Waals surface area contributed by atoms with Crippen LogP contribution in [0.5, 0.6) is 0 Å². The van der Waals surface area contributed by atoms with Gasteiger partial charge in [0, 0.05) is 17.2 Å². The number of carbonyl (C=O) groups excluding carboxylic acids is 1. The van der Waals surface area contributed by atoms with E-state index in [2.05, 4.69) is 106 Å². The van der Waals surface area contributed by atoms with Crippen molar-refractivity contribution in [2.24, 2.45) is 0 Å². The molecule has 2 nitrogen and oxygen atoms in total. The van der Waals surface area contributed by atoms with Crippen LogP contribution in [0.4, 0.5) is 5.69 Å². The monoisotopic (exact) mass is 475 g/mol. The van der Waals surface area contributed by atoms with Crippen molar-refractivity contribution in [3.8, 4) is 0 Å². The largest absolute Gasteiger partial charge is 0.376 e. The Labute approximate surface area is 215 Å². The van der Waals surface area contributed by atoms with Crippen molar-refractivity contribution >= 4 is 38.6 Å². The van der Waals surface area contributed by atoms with Crippen molar-refractivity contribution in [2.45, 2.75) is 71.8 Å². The fourth-order valence-electron chi connectivity index (χ4n) is 6.23. The van der Waals surface area contributed by atoms with Crippen molar-refractivity contribution in [2.75, 3.05) is 5.32 Å². The average molecular weight is 476 g/mol. The first-order chi connectivity index (χ1) is 17.3. The smallest absolute Gasteiger partial charge is 0.137 e. The SMILES string of the molecule is CC1=CC(C)(C)Nc2ccccc21.CCc1cc2c3c(ccc2c2ccccc12)C(C(C)=O)CCC3. The maximum absolute atomic E-state index is 12.0. The molecule has 1 N–H and O–H groups in total. The molecule has 0 amide bonds. The van der Waals surface area contributed by atoms with Crippen molar-refractivity contribution in [3.63, 3.8) is 0 Å². The van der Waals surface area contributed by atoms with Gasteiger partial charge in [0.25, 0.3) is 0 Å². The summed E-state index contributed by atoms with van der Waals surface area (Å²) in [5.41, 5.74) is 8.10. The molecule has 0 saturated carbocycles. The molecule has 0 saturated heterocycles. The number of anilines is 1. The normalized spacial score (nSPS) is 17.8. The fourth-order valence-corrected chi connectivity index (χ4v) is 6.23. The Morgan fingerprint density at radius 2 is 1.64 bits per heavy atom. The first-order valence-corrected chi connectivity index (χ1v) is 13.3. The number of aryl methyl sites for hydroxylation is 2. The summed E-state index contributed by atoms with van der Waals surface area (Å²) in [6.45, 7) is 10.5. The van der Waals surface area contributed by atoms with E-state index in [0.717, 1.165) is 25.7 Å². The number of ketones is 1. The summed E-state index contributed by atoms with van der Waals surface area (Å²) in [6.07, 6.45) is 6.52. The number of benzene rings is 4. The van der Waals surface area contributed by atoms with Gasteiger partial charge in [-0.15, -0.1) is 0 Å². The molecular formula is C34H37NO. The molecule has 1 aliphatic carbocycles. The van der Waals surface area contributed by atoms with E-state index >= 15 is 0 Å². The standard InChI is InChI=1S/C22H22O.C12H15N/c1-3-15-13-22-19-10-6-9-16(14(2)23)20(19)11-12-21(22)18-8-5-4-7-17(15)18;1-9-8-12(2,3)13-11-7-5-4-6-10(9)11/h4-5,7-8,11-13,16H,3,6,9-10H2,1-2H3;4-8,13H,1-3H3. The molecule has 0 radical (unpaired) electrons. The minimum atomic E-state index is 0.0818. The first-order valence-electron chi connectivity index (χ1n) is 13.3. The zero-order valence-corrected chi connectivity index (χ0v) is 22.2. The highest BCUT2D eigenvalue weighted by atomic mass is 16.1. The summed E-state index contributed by atoms with van der Waals surface area (Å²) in [5, 5.41) is 8.89. The van der Waals surface area contributed by atoms with E-state index < -0.39 is 0 Å². The predicted molar refractivity (Wildman–Crippen MR) is 155 cm³/mol. The number of hydrogen-bond donors (Lipinski definition) is 1. The van der Waals surface area contributed by atoms with Crippen molar-refractivity contribution < 1.29 is 4.79 Å². The molecule has 4 aromatic rings. The van der Waals surface area contributed by atoms with E-state index in [1.807, 2.05) is 0 Å². The predicted octanol–water partition coefficient (Wildman–Crippen LogP) is 8.86. The Kier molecular flexibility index (Phi) is 6.47. The summed E-state index contributed by atoms with van der Waals surface area (Å²) in [5.74, 6) is 0.404. The van der Waals surface area contributed by atoms with Gasteiger partial charge in [-0.2, -0.15) is 0 Å². The molecule has 2 heteroatoms. The van der Waals surface area contributed by atoms with Crippen LogP contribution in [0.2, 0.25) is 0 Å². The molecule has 4 aromatic carbocycles. The van der Waals surface area contributed by atoms with Crippen LogP contribution in [-0.2, 0) is 17.6 Å². The number of hydrogen-bond acceptors (Lipinski definition) is 2. The van der Waals surface area contributed by atoms with E-state index in [-0.39, 0.29) is 11.5 Å². The van der Waals surface area contributed by atoms with Gasteiger partial charge in [-0.05, 0) is 103 Å². The Balaban J connectivity index is 0.000000174. The number of rotatable bonds is 2. The topological polar surface area (TPSA) is 29.1 Å². The molecule has 36 heavy (non-hydrogen) atoms. The zero-order valence-electron chi connectivity index (χ0n) is 22.2. The second-order valence-electron chi connectivity index (χ2n) is 10.9. The number of allylic oxidation sites excluding steroid dienone is 1. The molecule has 0 bridgehead atoms. The van der Waals surface area contributed by atoms with Gasteiger partial charge >= 0.3 is 0 Å². The molecule has 1 aliphatic heterocycles. The van der Waals surface area contributed by atoms with Crippen LogP contribution >= 0.6 is 0 Å². The minimum absolute atomic E-state index is 0.0818. The first kappa shape index (κ1) is 24.3. The number of Topliss-reactive ketones (excluding diaryl/α,β-unsaturated/α-hetero) is 1. The average Bonchev–Trinajstić information content (AvgIpc) is 2.87. The van der Waals surface area contributed by atoms with Crippen LogP contribution in [0.1, 0.15) is 75.6 Å². The second-order valence-corrected chi connectivity index (χ2v) is 10.9. The lowest BCUT2D eigenvalue weighted by Gasteiger charge is -2.31. The lowest BCUT2D eigenvalue weighted by atomic mass is 9.78. The molecule has 0 aromatic heterocycles. The maximum atomic E-state index is 12.0. The van der Waals surface area contributed by atoms with Gasteiger partial charge in [-0.1, -0.05) is 73.7 Å². The lowest BCUT2D eigenvalue weighted by Crippen LogP contribution is -2.31. The number of carbonyl (C=O) groups is 1. The van der Waals surface area contributed by atoms with E-state index in [0.29, 0.717) is 5.78 Å². The van der Waals surface area contributed by atoms with Gasteiger partial charge in [0.1, 0.15) is 5.78 Å². The van der Waals surface area contributed by atoms with Gasteiger partial charge in [0.15, 0.2) is 0 Å². The minimum Gasteiger partial charge on any atom is -0.376 e. The molecule has 2 aliphatic rings. The molecule has 6 rings (SSSR count). The maximum Gasteiger partial charge on any atom is 0.137 e. The van der Waals surface area contributed by atoms with Crippen LogP contribution in [0.25, 0.3) is 27.1 Å². The molecule has 0 spiro atoms. The Morgan fingerprint density at radius 1 is 0.944 bits per heavy atom. The Morgan fingerprint density at radius 3 is 2.39 bits per heavy atom. The molecular weight excluding hydrogens is 438 g/mol. The van der Waals surface area contributed by atoms with Gasteiger partial charge in [-0.3, -0.25) is 4.79 Å². The highest BCUT2D eigenvalue weighted by Crippen LogP contribution is 2.39. The van der Waals surface area contributed by atoms with Gasteiger partial charge < -0.3 is 5.32 Å². The zero-order chi connectivity index (χ0) is 25.4. The Hall–Kier alpha value is -3.39. The third-order valence-electron chi connectivity index (χ3n) is 7.83. The van der Waals surface area contributed by atoms with E-state index in [1.54, 1.807) is 6.92 Å². The molecule has 184 valence electrons. The number of nitrogens with one attached hydrogen (secondary N) is 1. The summed E-state index contributed by atoms with van der Waals surface area (Å²) in [4.78, 5) is 12.0. The highest BCUT2D eigenvalue weighted by molar-refractivity contribution is 6.10. The van der Waals surface area contributed by atoms with Gasteiger partial charge in [0.05, 0.1) is 5.54 Å². The van der Waals surface area contributed by atoms with Crippen LogP contribution in [0, 0.1) is 0 Å². The van der Waals surface area contributed by atoms with Crippen LogP contribution < -0.4 is 5.32 Å². The third-order valence-corrected chi connectivity index (χ3v) is 7.83. The quantitative estimate of drug-likeness (QED) is 0.293. The van der Waals surface area contributed by atoms with Gasteiger partial charge in [0.2, 0.25) is 0 Å². The number of fused-ring (bicyclic) bond motifs is 6. The van der Waals surface area contributed by atoms with Crippen molar-refractivity contribution in [1.82, 2.24) is 0 Å². The van der Waals surface area contributed by atoms with E-state index in [4.69, 9.17) is 0 Å². The molecule has 1 heterocycles. The number of para-hydroxylation sites is 1. The van der Waals surface area contributed by atoms with Crippen LogP contribution in [-0.4, -0.2) is 11.3 Å². The van der Waals surface area contributed by atoms with Gasteiger partial charge in [-0.25, -0.2) is 0 Å². The summed E-state index contributed by atoms with van der Waals surface area (Å²) in [6, 6.07) is 24.0. The van der Waals surface area contributed by atoms with Crippen LogP contribution in [0.3, 0.4) is 0 Å². The molecule has 1 unspecified atom stereocenters. The molecule has 1 atom stereocenters. The fraction of sp³-hybridized carbons (Fsp3) is 0.324. The Bertz CT molecular complexity index is 1490. The third kappa shape index (κ3) is 4.46. The van der Waals surface area contributed by atoms with E-state index in [1.165, 1.54) is 55.1 Å². The summed E-state index contributed by atoms with van der Waals surface area (Å²) < 4.78 is 0. The van der Waals surface area contributed by atoms with Crippen molar-refractivity contribution in [3.05, 3.63) is 95.1 Å². The summed E-state index contributed by atoms with van der Waals surface area (Å²) in [7, 11) is 0. The summed E-state index contributed by atoms with van der Waals surface area (Å²) >= 11 is 0.